The van der Waals surface area contributed by atoms with Gasteiger partial charge in [-0.25, -0.2) is 4.79 Å². The number of aromatic carboxylic acids is 1. The van der Waals surface area contributed by atoms with Gasteiger partial charge in [-0.15, -0.1) is 0 Å². The molecule has 2 aromatic heterocycles. The minimum absolute atomic E-state index is 0.0883. The molecule has 3 N–H and O–H groups in total. The molecule has 1 fully saturated rings. The zero-order chi connectivity index (χ0) is 29.1. The molecule has 41 heavy (non-hydrogen) atoms. The summed E-state index contributed by atoms with van der Waals surface area (Å²) in [5.74, 6) is -1.07. The van der Waals surface area contributed by atoms with E-state index in [0.717, 1.165) is 40.3 Å². The highest BCUT2D eigenvalue weighted by Crippen LogP contribution is 2.41. The standard InChI is InChI=1S/C32H33N5O3S/c1-4-22-11-5-7-13-25(22)34-28(38)16-18-36-30(29(35-32(36)41)26-14-9-10-17-33-26)24-19-20(2)37(21(24)3)27-15-8-6-12-23(27)31(39)40/h5-15,17,19,29-30H,4,16,18H2,1-3H3,(H,34,38)(H,35,41)(H,39,40)/t29-,30-/m1/s1. The van der Waals surface area contributed by atoms with E-state index in [2.05, 4.69) is 33.5 Å². The Kier molecular flexibility index (Phi) is 8.16. The van der Waals surface area contributed by atoms with Gasteiger partial charge in [0.25, 0.3) is 0 Å². The Bertz CT molecular complexity index is 1600. The van der Waals surface area contributed by atoms with Gasteiger partial charge in [0.2, 0.25) is 5.91 Å². The van der Waals surface area contributed by atoms with E-state index in [0.29, 0.717) is 17.3 Å². The Morgan fingerprint density at radius 1 is 1.05 bits per heavy atom. The van der Waals surface area contributed by atoms with E-state index in [1.165, 1.54) is 0 Å². The van der Waals surface area contributed by atoms with Crippen LogP contribution in [-0.4, -0.2) is 43.1 Å². The number of aromatic nitrogens is 2. The summed E-state index contributed by atoms with van der Waals surface area (Å²) in [7, 11) is 0. The van der Waals surface area contributed by atoms with Gasteiger partial charge >= 0.3 is 5.97 Å². The number of carbonyl (C=O) groups is 2. The van der Waals surface area contributed by atoms with Crippen LogP contribution in [0.15, 0.2) is 79.0 Å². The van der Waals surface area contributed by atoms with Gasteiger partial charge in [0.1, 0.15) is 0 Å². The molecule has 0 unspecified atom stereocenters. The molecule has 1 amide bonds. The third-order valence-electron chi connectivity index (χ3n) is 7.61. The zero-order valence-corrected chi connectivity index (χ0v) is 24.1. The number of nitrogens with one attached hydrogen (secondary N) is 2. The summed E-state index contributed by atoms with van der Waals surface area (Å²) in [6, 6.07) is 22.2. The number of carbonyl (C=O) groups excluding carboxylic acids is 1. The number of aryl methyl sites for hydroxylation is 2. The fraction of sp³-hybridized carbons (Fsp3) is 0.250. The van der Waals surface area contributed by atoms with Gasteiger partial charge in [-0.2, -0.15) is 0 Å². The number of hydrogen-bond acceptors (Lipinski definition) is 4. The highest BCUT2D eigenvalue weighted by molar-refractivity contribution is 7.80. The van der Waals surface area contributed by atoms with Crippen molar-refractivity contribution < 1.29 is 14.7 Å². The van der Waals surface area contributed by atoms with Crippen molar-refractivity contribution in [1.29, 1.82) is 0 Å². The first-order valence-corrected chi connectivity index (χ1v) is 14.1. The summed E-state index contributed by atoms with van der Waals surface area (Å²) in [5.41, 5.74) is 6.36. The van der Waals surface area contributed by atoms with Crippen LogP contribution in [0.3, 0.4) is 0 Å². The highest BCUT2D eigenvalue weighted by Gasteiger charge is 2.41. The van der Waals surface area contributed by atoms with E-state index < -0.39 is 5.97 Å². The zero-order valence-electron chi connectivity index (χ0n) is 23.3. The lowest BCUT2D eigenvalue weighted by atomic mass is 9.96. The quantitative estimate of drug-likeness (QED) is 0.222. The number of amides is 1. The molecule has 1 saturated heterocycles. The molecular formula is C32H33N5O3S. The van der Waals surface area contributed by atoms with Gasteiger partial charge in [-0.3, -0.25) is 9.78 Å². The molecule has 0 aliphatic carbocycles. The lowest BCUT2D eigenvalue weighted by Gasteiger charge is -2.28. The summed E-state index contributed by atoms with van der Waals surface area (Å²) in [4.78, 5) is 31.8. The summed E-state index contributed by atoms with van der Waals surface area (Å²) < 4.78 is 1.97. The number of thiocarbonyl (C=S) groups is 1. The SMILES string of the molecule is CCc1ccccc1NC(=O)CCN1C(=S)N[C@H](c2ccccn2)[C@H]1c1cc(C)n(-c2ccccc2C(=O)O)c1C. The molecule has 5 rings (SSSR count). The average molecular weight is 568 g/mol. The number of hydrogen-bond donors (Lipinski definition) is 3. The number of carboxylic acids is 1. The Morgan fingerprint density at radius 2 is 1.78 bits per heavy atom. The molecule has 2 aromatic carbocycles. The van der Waals surface area contributed by atoms with Crippen LogP contribution in [0.2, 0.25) is 0 Å². The van der Waals surface area contributed by atoms with Gasteiger partial charge < -0.3 is 25.2 Å². The van der Waals surface area contributed by atoms with Crippen molar-refractivity contribution in [2.45, 2.75) is 45.7 Å². The maximum atomic E-state index is 13.1. The Hall–Kier alpha value is -4.50. The normalized spacial score (nSPS) is 16.5. The van der Waals surface area contributed by atoms with Gasteiger partial charge in [-0.05, 0) is 80.0 Å². The molecule has 0 bridgehead atoms. The molecule has 8 nitrogen and oxygen atoms in total. The summed E-state index contributed by atoms with van der Waals surface area (Å²) in [5, 5.41) is 16.9. The number of anilines is 1. The van der Waals surface area contributed by atoms with Crippen LogP contribution >= 0.6 is 12.2 Å². The van der Waals surface area contributed by atoms with E-state index >= 15 is 0 Å². The first kappa shape index (κ1) is 28.0. The fourth-order valence-electron chi connectivity index (χ4n) is 5.68. The Balaban J connectivity index is 1.50. The minimum atomic E-state index is -0.984. The van der Waals surface area contributed by atoms with E-state index in [-0.39, 0.29) is 30.0 Å². The second-order valence-electron chi connectivity index (χ2n) is 10.1. The molecule has 210 valence electrons. The monoisotopic (exact) mass is 567 g/mol. The number of carboxylic acid groups (broad SMARTS) is 1. The maximum Gasteiger partial charge on any atom is 0.337 e. The second-order valence-corrected chi connectivity index (χ2v) is 10.5. The highest BCUT2D eigenvalue weighted by atomic mass is 32.1. The first-order valence-electron chi connectivity index (χ1n) is 13.7. The smallest absolute Gasteiger partial charge is 0.337 e. The molecular weight excluding hydrogens is 534 g/mol. The average Bonchev–Trinajstić information content (AvgIpc) is 3.46. The third-order valence-corrected chi connectivity index (χ3v) is 7.97. The lowest BCUT2D eigenvalue weighted by molar-refractivity contribution is -0.116. The predicted octanol–water partition coefficient (Wildman–Crippen LogP) is 5.75. The maximum absolute atomic E-state index is 13.1. The van der Waals surface area contributed by atoms with Crippen LogP contribution in [0.1, 0.15) is 64.0 Å². The molecule has 0 spiro atoms. The van der Waals surface area contributed by atoms with E-state index in [1.807, 2.05) is 73.0 Å². The van der Waals surface area contributed by atoms with Crippen molar-refractivity contribution in [3.63, 3.8) is 0 Å². The minimum Gasteiger partial charge on any atom is -0.478 e. The van der Waals surface area contributed by atoms with Gasteiger partial charge in [-0.1, -0.05) is 43.3 Å². The molecule has 3 heterocycles. The van der Waals surface area contributed by atoms with E-state index in [1.54, 1.807) is 18.3 Å². The molecule has 2 atom stereocenters. The summed E-state index contributed by atoms with van der Waals surface area (Å²) >= 11 is 5.82. The van der Waals surface area contributed by atoms with Crippen LogP contribution in [0.25, 0.3) is 5.69 Å². The molecule has 4 aromatic rings. The van der Waals surface area contributed by atoms with Crippen molar-refractivity contribution in [3.8, 4) is 5.69 Å². The first-order chi connectivity index (χ1) is 19.8. The Morgan fingerprint density at radius 3 is 2.51 bits per heavy atom. The van der Waals surface area contributed by atoms with Gasteiger partial charge in [0, 0.05) is 36.2 Å². The largest absolute Gasteiger partial charge is 0.478 e. The lowest BCUT2D eigenvalue weighted by Crippen LogP contribution is -2.33. The van der Waals surface area contributed by atoms with Gasteiger partial charge in [0.05, 0.1) is 29.0 Å². The van der Waals surface area contributed by atoms with E-state index in [9.17, 15) is 14.7 Å². The van der Waals surface area contributed by atoms with Crippen LogP contribution in [-0.2, 0) is 11.2 Å². The molecule has 9 heteroatoms. The fourth-order valence-corrected chi connectivity index (χ4v) is 6.01. The van der Waals surface area contributed by atoms with Crippen molar-refractivity contribution >= 4 is 34.9 Å². The van der Waals surface area contributed by atoms with Crippen molar-refractivity contribution in [2.24, 2.45) is 0 Å². The van der Waals surface area contributed by atoms with Crippen LogP contribution in [0.5, 0.6) is 0 Å². The molecule has 0 radical (unpaired) electrons. The van der Waals surface area contributed by atoms with E-state index in [4.69, 9.17) is 12.2 Å². The molecule has 0 saturated carbocycles. The third kappa shape index (κ3) is 5.58. The summed E-state index contributed by atoms with van der Waals surface area (Å²) in [6.07, 6.45) is 2.82. The van der Waals surface area contributed by atoms with Gasteiger partial charge in [0.15, 0.2) is 5.11 Å². The number of rotatable bonds is 9. The van der Waals surface area contributed by atoms with Crippen LogP contribution in [0, 0.1) is 13.8 Å². The molecule has 1 aliphatic rings. The number of benzene rings is 2. The van der Waals surface area contributed by atoms with Crippen molar-refractivity contribution in [2.75, 3.05) is 11.9 Å². The van der Waals surface area contributed by atoms with Crippen molar-refractivity contribution in [3.05, 3.63) is 113 Å². The number of pyridine rings is 1. The Labute approximate surface area is 245 Å². The number of para-hydroxylation sites is 2. The van der Waals surface area contributed by atoms with Crippen LogP contribution < -0.4 is 10.6 Å². The van der Waals surface area contributed by atoms with Crippen molar-refractivity contribution in [1.82, 2.24) is 19.8 Å². The topological polar surface area (TPSA) is 99.5 Å². The molecule has 1 aliphatic heterocycles. The predicted molar refractivity (Wildman–Crippen MR) is 163 cm³/mol. The number of nitrogens with zero attached hydrogens (tertiary/aromatic N) is 3. The second kappa shape index (κ2) is 11.9. The van der Waals surface area contributed by atoms with Crippen LogP contribution in [0.4, 0.5) is 5.69 Å². The summed E-state index contributed by atoms with van der Waals surface area (Å²) in [6.45, 7) is 6.42.